The maximum absolute atomic E-state index is 5.86. The van der Waals surface area contributed by atoms with E-state index in [1.54, 1.807) is 0 Å². The highest BCUT2D eigenvalue weighted by molar-refractivity contribution is 6.21. The second-order valence-corrected chi connectivity index (χ2v) is 5.55. The van der Waals surface area contributed by atoms with E-state index in [9.17, 15) is 0 Å². The van der Waals surface area contributed by atoms with Crippen molar-refractivity contribution in [3.8, 4) is 0 Å². The minimum atomic E-state index is -0.0307. The molecule has 0 bridgehead atoms. The molecule has 0 aliphatic rings. The second-order valence-electron chi connectivity index (χ2n) is 5.02. The molecule has 5 heteroatoms. The van der Waals surface area contributed by atoms with E-state index in [-0.39, 0.29) is 5.41 Å². The molecule has 0 unspecified atom stereocenters. The topological polar surface area (TPSA) is 27.7 Å². The van der Waals surface area contributed by atoms with Gasteiger partial charge in [-0.1, -0.05) is 20.3 Å². The summed E-state index contributed by atoms with van der Waals surface area (Å²) in [5.74, 6) is 1.12. The zero-order valence-electron chi connectivity index (χ0n) is 12.3. The van der Waals surface area contributed by atoms with Gasteiger partial charge in [-0.05, 0) is 18.3 Å². The molecule has 3 nitrogen and oxygen atoms in total. The Morgan fingerprint density at radius 1 is 0.789 bits per heavy atom. The van der Waals surface area contributed by atoms with E-state index in [4.69, 9.17) is 37.4 Å². The van der Waals surface area contributed by atoms with Crippen molar-refractivity contribution in [2.24, 2.45) is 5.41 Å². The fourth-order valence-electron chi connectivity index (χ4n) is 1.28. The smallest absolute Gasteiger partial charge is 0.0701 e. The number of ether oxygens (including phenoxy) is 3. The Kier molecular flexibility index (Phi) is 13.8. The molecule has 0 aromatic rings. The molecule has 0 saturated carbocycles. The van der Waals surface area contributed by atoms with Gasteiger partial charge in [-0.3, -0.25) is 0 Å². The lowest BCUT2D eigenvalue weighted by molar-refractivity contribution is 0.0102. The second kappa shape index (κ2) is 13.4. The van der Waals surface area contributed by atoms with Crippen LogP contribution in [0.2, 0.25) is 0 Å². The highest BCUT2D eigenvalue weighted by Gasteiger charge is 2.21. The van der Waals surface area contributed by atoms with Crippen molar-refractivity contribution in [1.82, 2.24) is 0 Å². The predicted molar refractivity (Wildman–Crippen MR) is 81.5 cm³/mol. The summed E-state index contributed by atoms with van der Waals surface area (Å²) in [7, 11) is 0. The van der Waals surface area contributed by atoms with Crippen molar-refractivity contribution in [3.05, 3.63) is 0 Å². The van der Waals surface area contributed by atoms with Gasteiger partial charge >= 0.3 is 0 Å². The largest absolute Gasteiger partial charge is 0.379 e. The van der Waals surface area contributed by atoms with E-state index in [2.05, 4.69) is 13.8 Å². The molecule has 0 aromatic carbocycles. The molecule has 0 aliphatic heterocycles. The standard InChI is InChI=1S/C14H28Cl2O3/c1-3-4-6-17-8-10-19-11-9-18-7-5-14(2,12-15)13-16/h3-13H2,1-2H3. The molecule has 0 saturated heterocycles. The number of unbranched alkanes of at least 4 members (excludes halogenated alkanes) is 1. The van der Waals surface area contributed by atoms with Crippen LogP contribution in [-0.2, 0) is 14.2 Å². The van der Waals surface area contributed by atoms with Gasteiger partial charge in [0.05, 0.1) is 26.4 Å². The third kappa shape index (κ3) is 11.9. The van der Waals surface area contributed by atoms with Crippen LogP contribution in [0.5, 0.6) is 0 Å². The Balaban J connectivity index is 3.19. The van der Waals surface area contributed by atoms with Gasteiger partial charge in [-0.15, -0.1) is 23.2 Å². The number of hydrogen-bond acceptors (Lipinski definition) is 3. The quantitative estimate of drug-likeness (QED) is 0.361. The van der Waals surface area contributed by atoms with E-state index >= 15 is 0 Å². The van der Waals surface area contributed by atoms with Crippen molar-refractivity contribution in [1.29, 1.82) is 0 Å². The third-order valence-electron chi connectivity index (χ3n) is 2.88. The SMILES string of the molecule is CCCCOCCOCCOCCC(C)(CCl)CCl. The summed E-state index contributed by atoms with van der Waals surface area (Å²) in [6.07, 6.45) is 3.15. The normalized spacial score (nSPS) is 12.0. The Bertz CT molecular complexity index is 188. The lowest BCUT2D eigenvalue weighted by Gasteiger charge is -2.23. The minimum absolute atomic E-state index is 0.0307. The van der Waals surface area contributed by atoms with Crippen LogP contribution in [0.4, 0.5) is 0 Å². The minimum Gasteiger partial charge on any atom is -0.379 e. The van der Waals surface area contributed by atoms with Crippen molar-refractivity contribution in [2.75, 3.05) is 51.4 Å². The number of alkyl halides is 2. The Hall–Kier alpha value is 0.460. The molecule has 0 N–H and O–H groups in total. The van der Waals surface area contributed by atoms with Crippen LogP contribution in [-0.4, -0.2) is 51.4 Å². The molecular formula is C14H28Cl2O3. The third-order valence-corrected chi connectivity index (χ3v) is 4.17. The molecule has 0 aliphatic carbocycles. The molecule has 19 heavy (non-hydrogen) atoms. The monoisotopic (exact) mass is 314 g/mol. The average Bonchev–Trinajstić information content (AvgIpc) is 2.44. The summed E-state index contributed by atoms with van der Waals surface area (Å²) in [6.45, 7) is 8.23. The van der Waals surface area contributed by atoms with Crippen LogP contribution in [0.3, 0.4) is 0 Å². The first-order valence-electron chi connectivity index (χ1n) is 7.03. The van der Waals surface area contributed by atoms with Crippen LogP contribution >= 0.6 is 23.2 Å². The van der Waals surface area contributed by atoms with Crippen LogP contribution in [0.15, 0.2) is 0 Å². The van der Waals surface area contributed by atoms with E-state index < -0.39 is 0 Å². The Morgan fingerprint density at radius 2 is 1.26 bits per heavy atom. The molecule has 116 valence electrons. The number of rotatable bonds is 14. The average molecular weight is 315 g/mol. The summed E-state index contributed by atoms with van der Waals surface area (Å²) in [5.41, 5.74) is -0.0307. The highest BCUT2D eigenvalue weighted by Crippen LogP contribution is 2.24. The summed E-state index contributed by atoms with van der Waals surface area (Å²) < 4.78 is 16.3. The molecule has 0 amide bonds. The fraction of sp³-hybridized carbons (Fsp3) is 1.00. The summed E-state index contributed by atoms with van der Waals surface area (Å²) in [5, 5.41) is 0. The molecule has 0 aromatic heterocycles. The zero-order valence-corrected chi connectivity index (χ0v) is 13.8. The van der Waals surface area contributed by atoms with Crippen LogP contribution in [0.25, 0.3) is 0 Å². The maximum atomic E-state index is 5.86. The van der Waals surface area contributed by atoms with E-state index in [0.29, 0.717) is 44.8 Å². The van der Waals surface area contributed by atoms with Crippen molar-refractivity contribution in [2.45, 2.75) is 33.1 Å². The summed E-state index contributed by atoms with van der Waals surface area (Å²) in [4.78, 5) is 0. The summed E-state index contributed by atoms with van der Waals surface area (Å²) >= 11 is 11.7. The Labute approximate surface area is 127 Å². The van der Waals surface area contributed by atoms with Crippen LogP contribution in [0, 0.1) is 5.41 Å². The zero-order chi connectivity index (χ0) is 14.4. The van der Waals surface area contributed by atoms with E-state index in [1.165, 1.54) is 0 Å². The van der Waals surface area contributed by atoms with E-state index in [0.717, 1.165) is 25.9 Å². The molecule has 0 rings (SSSR count). The first kappa shape index (κ1) is 19.5. The first-order valence-corrected chi connectivity index (χ1v) is 8.10. The summed E-state index contributed by atoms with van der Waals surface area (Å²) in [6, 6.07) is 0. The molecule has 0 fully saturated rings. The lowest BCUT2D eigenvalue weighted by Crippen LogP contribution is -2.23. The maximum Gasteiger partial charge on any atom is 0.0701 e. The van der Waals surface area contributed by atoms with Gasteiger partial charge in [0.1, 0.15) is 0 Å². The van der Waals surface area contributed by atoms with Crippen LogP contribution in [0.1, 0.15) is 33.1 Å². The van der Waals surface area contributed by atoms with Gasteiger partial charge in [0, 0.05) is 25.0 Å². The van der Waals surface area contributed by atoms with Gasteiger partial charge in [-0.25, -0.2) is 0 Å². The van der Waals surface area contributed by atoms with Gasteiger partial charge in [0.2, 0.25) is 0 Å². The molecule has 0 spiro atoms. The van der Waals surface area contributed by atoms with Crippen molar-refractivity contribution < 1.29 is 14.2 Å². The number of halogens is 2. The molecule has 0 heterocycles. The molecular weight excluding hydrogens is 287 g/mol. The Morgan fingerprint density at radius 3 is 1.74 bits per heavy atom. The van der Waals surface area contributed by atoms with Gasteiger partial charge in [-0.2, -0.15) is 0 Å². The lowest BCUT2D eigenvalue weighted by atomic mass is 9.92. The number of hydrogen-bond donors (Lipinski definition) is 0. The predicted octanol–water partition coefficient (Wildman–Crippen LogP) is 3.71. The molecule has 0 radical (unpaired) electrons. The van der Waals surface area contributed by atoms with Crippen LogP contribution < -0.4 is 0 Å². The van der Waals surface area contributed by atoms with Gasteiger partial charge < -0.3 is 14.2 Å². The first-order chi connectivity index (χ1) is 9.18. The van der Waals surface area contributed by atoms with Crippen molar-refractivity contribution in [3.63, 3.8) is 0 Å². The molecule has 0 atom stereocenters. The fourth-order valence-corrected chi connectivity index (χ4v) is 1.83. The van der Waals surface area contributed by atoms with Crippen molar-refractivity contribution >= 4 is 23.2 Å². The highest BCUT2D eigenvalue weighted by atomic mass is 35.5. The van der Waals surface area contributed by atoms with Gasteiger partial charge in [0.15, 0.2) is 0 Å². The van der Waals surface area contributed by atoms with Gasteiger partial charge in [0.25, 0.3) is 0 Å². The van der Waals surface area contributed by atoms with E-state index in [1.807, 2.05) is 0 Å².